The molecule has 12 rings (SSSR count). The van der Waals surface area contributed by atoms with Crippen LogP contribution < -0.4 is 51.4 Å². The van der Waals surface area contributed by atoms with Crippen LogP contribution in [0.1, 0.15) is 117 Å². The zero-order valence-electron chi connectivity index (χ0n) is 44.1. The van der Waals surface area contributed by atoms with Gasteiger partial charge in [-0.2, -0.15) is 13.4 Å². The number of nitrogens with zero attached hydrogens (tertiary/aromatic N) is 5. The summed E-state index contributed by atoms with van der Waals surface area (Å²) in [7, 11) is -13.6. The van der Waals surface area contributed by atoms with E-state index < -0.39 is 63.0 Å². The van der Waals surface area contributed by atoms with E-state index in [-0.39, 0.29) is 53.4 Å². The van der Waals surface area contributed by atoms with Gasteiger partial charge < -0.3 is 40.7 Å². The molecule has 9 N–H and O–H groups in total. The normalized spacial score (nSPS) is 23.0. The minimum Gasteiger partial charge on any atom is -0.455 e. The van der Waals surface area contributed by atoms with Gasteiger partial charge in [-0.05, 0) is 94.0 Å². The van der Waals surface area contributed by atoms with E-state index in [4.69, 9.17) is 24.3 Å². The lowest BCUT2D eigenvalue weighted by Crippen LogP contribution is -2.45. The Balaban J connectivity index is 0.668. The second-order valence-corrected chi connectivity index (χ2v) is 26.3. The highest BCUT2D eigenvalue weighted by Crippen LogP contribution is 2.53. The van der Waals surface area contributed by atoms with Crippen LogP contribution in [0.2, 0.25) is 0 Å². The molecule has 0 radical (unpaired) electrons. The number of carbonyl (C=O) groups is 1. The molecule has 80 heavy (non-hydrogen) atoms. The molecule has 2 fully saturated rings. The first-order valence-electron chi connectivity index (χ1n) is 27.8. The topological polar surface area (TPSA) is 332 Å². The molecule has 0 aliphatic carbocycles. The Morgan fingerprint density at radius 1 is 0.875 bits per heavy atom. The number of carbonyl (C=O) groups excluding carboxylic acids is 1. The Hall–Kier alpha value is -5.80. The van der Waals surface area contributed by atoms with Gasteiger partial charge in [-0.3, -0.25) is 32.7 Å². The lowest BCUT2D eigenvalue weighted by Gasteiger charge is -2.39. The van der Waals surface area contributed by atoms with Crippen molar-refractivity contribution in [2.45, 2.75) is 137 Å². The molecule has 5 aromatic rings. The van der Waals surface area contributed by atoms with Gasteiger partial charge in [-0.25, -0.2) is 27.3 Å². The molecule has 3 aromatic carbocycles. The Morgan fingerprint density at radius 2 is 1.61 bits per heavy atom. The van der Waals surface area contributed by atoms with Crippen LogP contribution in [0.15, 0.2) is 44.9 Å². The van der Waals surface area contributed by atoms with Crippen LogP contribution in [0, 0.1) is 0 Å². The number of unbranched alkanes of at least 4 members (excludes halogenated alkanes) is 5. The maximum absolute atomic E-state index is 14.7. The van der Waals surface area contributed by atoms with Crippen molar-refractivity contribution in [1.29, 1.82) is 0 Å². The number of aryl methyl sites for hydroxylation is 2. The molecule has 428 valence electrons. The second-order valence-electron chi connectivity index (χ2n) is 21.7. The molecule has 0 bridgehead atoms. The highest BCUT2D eigenvalue weighted by atomic mass is 32.2. The number of H-pyrrole nitrogens is 1. The third-order valence-electron chi connectivity index (χ3n) is 16.4. The first-order chi connectivity index (χ1) is 38.4. The van der Waals surface area contributed by atoms with E-state index >= 15 is 0 Å². The summed E-state index contributed by atoms with van der Waals surface area (Å²) in [6.07, 6.45) is 7.16. The lowest BCUT2D eigenvalue weighted by molar-refractivity contribution is -0.121. The number of imidazole rings is 1. The number of anilines is 3. The molecule has 2 aromatic heterocycles. The van der Waals surface area contributed by atoms with Crippen LogP contribution in [0.4, 0.5) is 17.6 Å². The predicted molar refractivity (Wildman–Crippen MR) is 293 cm³/mol. The summed E-state index contributed by atoms with van der Waals surface area (Å²) in [5.41, 5.74) is 12.8. The number of ether oxygens (including phenoxy) is 2. The Kier molecular flexibility index (Phi) is 14.9. The van der Waals surface area contributed by atoms with Crippen LogP contribution in [0.25, 0.3) is 16.7 Å². The number of aliphatic hydroxyl groups excluding tert-OH is 1. The number of nitrogens with one attached hydrogen (secondary N) is 4. The number of aromatic amines is 1. The number of benzene rings is 3. The number of rotatable bonds is 19. The SMILES string of the molecule is Nc1nc2c(nc(NCCCCCCNC(=O)CCCCCNS(=O)(=O)c3cc(S(=O)(=O)O)ccc3C3=c4cc5c6c(c4Oc4c3cc3c7c4CCCN7CCC3)CCC[N+]=6CCC5)n2[C@@H]2O[C@@H]3COP(=O)(O)O[C@H]3[C@H]2O)c(=O)[nH]1. The van der Waals surface area contributed by atoms with Crippen molar-refractivity contribution < 1.29 is 59.3 Å². The lowest BCUT2D eigenvalue weighted by atomic mass is 9.82. The number of hydrogen-bond donors (Lipinski definition) is 8. The number of hydrogen-bond acceptors (Lipinski definition) is 17. The Morgan fingerprint density at radius 3 is 2.42 bits per heavy atom. The fraction of sp³-hybridized carbons (Fsp3) is 0.528. The minimum absolute atomic E-state index is 0.0272. The van der Waals surface area contributed by atoms with Gasteiger partial charge in [0.2, 0.25) is 33.2 Å². The number of sulfonamides is 1. The van der Waals surface area contributed by atoms with Crippen LogP contribution >= 0.6 is 7.82 Å². The van der Waals surface area contributed by atoms with Gasteiger partial charge in [0, 0.05) is 90.7 Å². The van der Waals surface area contributed by atoms with Crippen molar-refractivity contribution in [2.24, 2.45) is 0 Å². The fourth-order valence-corrected chi connectivity index (χ4v) is 15.7. The average molecular weight is 1160 g/mol. The molecule has 27 heteroatoms. The van der Waals surface area contributed by atoms with Gasteiger partial charge >= 0.3 is 7.82 Å². The molecule has 1 amide bonds. The molecule has 9 heterocycles. The van der Waals surface area contributed by atoms with Gasteiger partial charge in [0.1, 0.15) is 42.9 Å². The van der Waals surface area contributed by atoms with Crippen molar-refractivity contribution in [2.75, 3.05) is 68.4 Å². The number of nitrogens with two attached hydrogens (primary N) is 1. The second kappa shape index (κ2) is 21.8. The van der Waals surface area contributed by atoms with Crippen molar-refractivity contribution in [3.8, 4) is 11.5 Å². The summed E-state index contributed by atoms with van der Waals surface area (Å²) < 4.78 is 107. The summed E-state index contributed by atoms with van der Waals surface area (Å²) in [5.74, 6) is 1.29. The van der Waals surface area contributed by atoms with Crippen LogP contribution in [0.5, 0.6) is 11.5 Å². The zero-order valence-corrected chi connectivity index (χ0v) is 46.6. The minimum atomic E-state index is -4.80. The molecular weight excluding hydrogens is 1100 g/mol. The number of phosphoric ester groups is 1. The number of phosphoric acid groups is 1. The van der Waals surface area contributed by atoms with E-state index in [9.17, 15) is 45.5 Å². The highest BCUT2D eigenvalue weighted by Gasteiger charge is 2.53. The van der Waals surface area contributed by atoms with Gasteiger partial charge in [0.05, 0.1) is 22.0 Å². The van der Waals surface area contributed by atoms with Gasteiger partial charge in [0.15, 0.2) is 17.4 Å². The standard InChI is InChI=1S/C53H65N10O14PS2/c54-52-59-49-42(50(66)60-52)58-53(63(49)51-45(65)48-38(75-51)29-74-78(67,68)77-48)56-20-6-2-1-5-19-55-40(64)16-4-3-7-21-57-79(69,70)39-28-32(80(71,72)73)17-18-33(39)41-36-26-30-12-8-22-61-24-10-14-34(43(30)61)46(36)76-47-35-15-11-25-62-23-9-13-31(44(35)62)27-37(41)47/h17-18,26-28,38,45,48,51,57,65H,1-16,19-25,29H2,(H6-,54,55,56,58,59,60,64,66,67,68,71,72,73)/p+1/t38-,45-,48-,51-/m1/s1. The summed E-state index contributed by atoms with van der Waals surface area (Å²) in [6.45, 7) is 4.43. The number of aliphatic hydroxyl groups is 1. The monoisotopic (exact) mass is 1160 g/mol. The molecular formula is C53H66N10O14PS2+. The average Bonchev–Trinajstić information content (AvgIpc) is 4.09. The van der Waals surface area contributed by atoms with Crippen molar-refractivity contribution >= 4 is 68.2 Å². The smallest absolute Gasteiger partial charge is 0.455 e. The van der Waals surface area contributed by atoms with Gasteiger partial charge in [-0.1, -0.05) is 25.3 Å². The molecule has 2 saturated heterocycles. The largest absolute Gasteiger partial charge is 0.472 e. The molecule has 0 spiro atoms. The van der Waals surface area contributed by atoms with Crippen molar-refractivity contribution in [3.05, 3.63) is 84.6 Å². The number of aromatic nitrogens is 4. The quantitative estimate of drug-likeness (QED) is 0.0250. The predicted octanol–water partition coefficient (Wildman–Crippen LogP) is 2.79. The van der Waals surface area contributed by atoms with Crippen LogP contribution in [-0.4, -0.2) is 128 Å². The van der Waals surface area contributed by atoms with Crippen LogP contribution in [-0.2, 0) is 69.0 Å². The first kappa shape index (κ1) is 54.8. The van der Waals surface area contributed by atoms with E-state index in [0.717, 1.165) is 130 Å². The first-order valence-corrected chi connectivity index (χ1v) is 32.2. The molecule has 0 saturated carbocycles. The van der Waals surface area contributed by atoms with E-state index in [1.165, 1.54) is 38.9 Å². The van der Waals surface area contributed by atoms with Crippen molar-refractivity contribution in [3.63, 3.8) is 0 Å². The Bertz CT molecular complexity index is 3810. The molecule has 1 unspecified atom stereocenters. The number of fused-ring (bicyclic) bond motifs is 6. The zero-order chi connectivity index (χ0) is 55.7. The third kappa shape index (κ3) is 10.4. The van der Waals surface area contributed by atoms with Crippen molar-refractivity contribution in [1.82, 2.24) is 34.1 Å². The summed E-state index contributed by atoms with van der Waals surface area (Å²) in [5, 5.41) is 19.3. The van der Waals surface area contributed by atoms with Gasteiger partial charge in [-0.15, -0.1) is 0 Å². The summed E-state index contributed by atoms with van der Waals surface area (Å²) in [4.78, 5) is 48.1. The van der Waals surface area contributed by atoms with E-state index in [0.29, 0.717) is 56.3 Å². The Labute approximate surface area is 461 Å². The maximum atomic E-state index is 14.7. The number of nitrogen functional groups attached to an aromatic ring is 1. The number of amides is 1. The molecule has 24 nitrogen and oxygen atoms in total. The van der Waals surface area contributed by atoms with Crippen LogP contribution in [0.3, 0.4) is 0 Å². The third-order valence-corrected chi connectivity index (χ3v) is 19.7. The maximum Gasteiger partial charge on any atom is 0.472 e. The molecule has 7 aliphatic heterocycles. The van der Waals surface area contributed by atoms with E-state index in [2.05, 4.69) is 51.9 Å². The summed E-state index contributed by atoms with van der Waals surface area (Å²) >= 11 is 0. The fourth-order valence-electron chi connectivity index (χ4n) is 12.8. The highest BCUT2D eigenvalue weighted by molar-refractivity contribution is 7.89. The molecule has 7 aliphatic rings. The van der Waals surface area contributed by atoms with Gasteiger partial charge in [0.25, 0.3) is 15.7 Å². The molecule has 5 atom stereocenters. The summed E-state index contributed by atoms with van der Waals surface area (Å²) in [6, 6.07) is 8.15. The van der Waals surface area contributed by atoms with E-state index in [1.807, 2.05) is 0 Å². The van der Waals surface area contributed by atoms with E-state index in [1.54, 1.807) is 0 Å².